The van der Waals surface area contributed by atoms with Crippen molar-refractivity contribution in [3.05, 3.63) is 59.9 Å². The molecule has 0 saturated carbocycles. The third-order valence-corrected chi connectivity index (χ3v) is 3.10. The van der Waals surface area contributed by atoms with Crippen LogP contribution >= 0.6 is 0 Å². The lowest BCUT2D eigenvalue weighted by molar-refractivity contribution is 0.0926. The molecular weight excluding hydrogens is 282 g/mol. The number of rotatable bonds is 5. The Hall–Kier alpha value is -2.89. The molecule has 0 aliphatic carbocycles. The molecule has 112 valence electrons. The van der Waals surface area contributed by atoms with Gasteiger partial charge in [-0.2, -0.15) is 0 Å². The molecule has 0 spiro atoms. The fraction of sp³-hybridized carbons (Fsp3) is 0.188. The van der Waals surface area contributed by atoms with Crippen LogP contribution in [0.2, 0.25) is 0 Å². The second kappa shape index (κ2) is 6.26. The maximum Gasteiger partial charge on any atom is 0.286 e. The molecule has 0 aliphatic heterocycles. The second-order valence-electron chi connectivity index (χ2n) is 4.85. The van der Waals surface area contributed by atoms with Gasteiger partial charge in [-0.15, -0.1) is 10.2 Å². The average molecular weight is 297 g/mol. The summed E-state index contributed by atoms with van der Waals surface area (Å²) in [6, 6.07) is 11.1. The molecule has 1 N–H and O–H groups in total. The number of hydrogen-bond acceptors (Lipinski definition) is 5. The van der Waals surface area contributed by atoms with Gasteiger partial charge in [0, 0.05) is 18.5 Å². The van der Waals surface area contributed by atoms with Crippen molar-refractivity contribution in [3.63, 3.8) is 0 Å². The van der Waals surface area contributed by atoms with E-state index in [4.69, 9.17) is 8.83 Å². The largest absolute Gasteiger partial charge is 0.459 e. The first kappa shape index (κ1) is 14.1. The number of aryl methyl sites for hydroxylation is 1. The molecule has 0 aliphatic rings. The number of carbonyl (C=O) groups is 1. The summed E-state index contributed by atoms with van der Waals surface area (Å²) in [5, 5.41) is 10.7. The topological polar surface area (TPSA) is 81.2 Å². The maximum atomic E-state index is 11.7. The van der Waals surface area contributed by atoms with Crippen LogP contribution < -0.4 is 5.32 Å². The van der Waals surface area contributed by atoms with Crippen molar-refractivity contribution in [2.75, 3.05) is 6.54 Å². The van der Waals surface area contributed by atoms with Crippen LogP contribution in [0.1, 0.15) is 22.0 Å². The van der Waals surface area contributed by atoms with E-state index in [2.05, 4.69) is 15.5 Å². The van der Waals surface area contributed by atoms with E-state index in [-0.39, 0.29) is 11.7 Å². The monoisotopic (exact) mass is 297 g/mol. The number of aromatic nitrogens is 2. The van der Waals surface area contributed by atoms with E-state index in [0.29, 0.717) is 24.7 Å². The van der Waals surface area contributed by atoms with Gasteiger partial charge in [0.15, 0.2) is 5.76 Å². The highest BCUT2D eigenvalue weighted by Gasteiger charge is 2.11. The SMILES string of the molecule is Cc1cccc(-c2nnc(CCNC(=O)c3ccco3)o2)c1. The summed E-state index contributed by atoms with van der Waals surface area (Å²) in [5.41, 5.74) is 2.02. The van der Waals surface area contributed by atoms with Crippen LogP contribution in [0.15, 0.2) is 51.5 Å². The van der Waals surface area contributed by atoms with Crippen LogP contribution in [0.4, 0.5) is 0 Å². The minimum atomic E-state index is -0.261. The van der Waals surface area contributed by atoms with Crippen molar-refractivity contribution in [1.82, 2.24) is 15.5 Å². The number of nitrogens with zero attached hydrogens (tertiary/aromatic N) is 2. The third-order valence-electron chi connectivity index (χ3n) is 3.10. The van der Waals surface area contributed by atoms with Crippen molar-refractivity contribution in [3.8, 4) is 11.5 Å². The predicted molar refractivity (Wildman–Crippen MR) is 79.2 cm³/mol. The number of carbonyl (C=O) groups excluding carboxylic acids is 1. The van der Waals surface area contributed by atoms with Gasteiger partial charge in [-0.05, 0) is 31.2 Å². The summed E-state index contributed by atoms with van der Waals surface area (Å²) in [6.45, 7) is 2.40. The molecule has 0 fully saturated rings. The van der Waals surface area contributed by atoms with Gasteiger partial charge in [0.05, 0.1) is 6.26 Å². The van der Waals surface area contributed by atoms with Gasteiger partial charge < -0.3 is 14.2 Å². The van der Waals surface area contributed by atoms with E-state index in [9.17, 15) is 4.79 Å². The summed E-state index contributed by atoms with van der Waals surface area (Å²) >= 11 is 0. The molecule has 0 atom stereocenters. The summed E-state index contributed by atoms with van der Waals surface area (Å²) in [7, 11) is 0. The zero-order valence-corrected chi connectivity index (χ0v) is 12.1. The van der Waals surface area contributed by atoms with Crippen LogP contribution in [-0.4, -0.2) is 22.6 Å². The van der Waals surface area contributed by atoms with Gasteiger partial charge in [-0.3, -0.25) is 4.79 Å². The van der Waals surface area contributed by atoms with Gasteiger partial charge in [0.2, 0.25) is 11.8 Å². The number of furan rings is 1. The summed E-state index contributed by atoms with van der Waals surface area (Å²) in [5.74, 6) is 0.988. The Labute approximate surface area is 127 Å². The lowest BCUT2D eigenvalue weighted by Crippen LogP contribution is -2.25. The molecule has 1 aromatic carbocycles. The van der Waals surface area contributed by atoms with Crippen molar-refractivity contribution >= 4 is 5.91 Å². The molecule has 0 bridgehead atoms. The summed E-state index contributed by atoms with van der Waals surface area (Å²) in [4.78, 5) is 11.7. The van der Waals surface area contributed by atoms with Gasteiger partial charge >= 0.3 is 0 Å². The number of hydrogen-bond donors (Lipinski definition) is 1. The molecule has 2 heterocycles. The molecule has 1 amide bonds. The van der Waals surface area contributed by atoms with Crippen LogP contribution in [0, 0.1) is 6.92 Å². The Morgan fingerprint density at radius 1 is 1.23 bits per heavy atom. The van der Waals surface area contributed by atoms with E-state index >= 15 is 0 Å². The molecule has 2 aromatic heterocycles. The van der Waals surface area contributed by atoms with Gasteiger partial charge in [-0.1, -0.05) is 17.7 Å². The van der Waals surface area contributed by atoms with Crippen LogP contribution in [-0.2, 0) is 6.42 Å². The lowest BCUT2D eigenvalue weighted by Gasteiger charge is -2.00. The van der Waals surface area contributed by atoms with Gasteiger partial charge in [0.1, 0.15) is 0 Å². The first-order valence-corrected chi connectivity index (χ1v) is 6.93. The Morgan fingerprint density at radius 2 is 2.14 bits per heavy atom. The van der Waals surface area contributed by atoms with Crippen LogP contribution in [0.25, 0.3) is 11.5 Å². The molecule has 0 radical (unpaired) electrons. The minimum Gasteiger partial charge on any atom is -0.459 e. The molecule has 22 heavy (non-hydrogen) atoms. The summed E-state index contributed by atoms with van der Waals surface area (Å²) < 4.78 is 10.6. The van der Waals surface area contributed by atoms with Crippen LogP contribution in [0.3, 0.4) is 0 Å². The van der Waals surface area contributed by atoms with E-state index < -0.39 is 0 Å². The Morgan fingerprint density at radius 3 is 2.91 bits per heavy atom. The Balaban J connectivity index is 1.57. The zero-order valence-electron chi connectivity index (χ0n) is 12.1. The standard InChI is InChI=1S/C16H15N3O3/c1-11-4-2-5-12(10-11)16-19-18-14(22-16)7-8-17-15(20)13-6-3-9-21-13/h2-6,9-10H,7-8H2,1H3,(H,17,20). The quantitative estimate of drug-likeness (QED) is 0.783. The smallest absolute Gasteiger partial charge is 0.286 e. The molecule has 6 nitrogen and oxygen atoms in total. The zero-order chi connectivity index (χ0) is 15.4. The fourth-order valence-corrected chi connectivity index (χ4v) is 2.03. The Kier molecular flexibility index (Phi) is 4.00. The van der Waals surface area contributed by atoms with Crippen molar-refractivity contribution in [2.24, 2.45) is 0 Å². The van der Waals surface area contributed by atoms with Gasteiger partial charge in [-0.25, -0.2) is 0 Å². The first-order valence-electron chi connectivity index (χ1n) is 6.93. The highest BCUT2D eigenvalue weighted by Crippen LogP contribution is 2.18. The minimum absolute atomic E-state index is 0.261. The van der Waals surface area contributed by atoms with Crippen molar-refractivity contribution in [1.29, 1.82) is 0 Å². The van der Waals surface area contributed by atoms with Crippen molar-refractivity contribution < 1.29 is 13.6 Å². The molecular formula is C16H15N3O3. The molecule has 6 heteroatoms. The Bertz CT molecular complexity index is 763. The molecule has 3 rings (SSSR count). The van der Waals surface area contributed by atoms with E-state index in [1.54, 1.807) is 12.1 Å². The highest BCUT2D eigenvalue weighted by molar-refractivity contribution is 5.91. The van der Waals surface area contributed by atoms with Gasteiger partial charge in [0.25, 0.3) is 5.91 Å². The predicted octanol–water partition coefficient (Wildman–Crippen LogP) is 2.61. The molecule has 0 unspecified atom stereocenters. The average Bonchev–Trinajstić information content (AvgIpc) is 3.19. The van der Waals surface area contributed by atoms with E-state index in [1.807, 2.05) is 31.2 Å². The molecule has 0 saturated heterocycles. The second-order valence-corrected chi connectivity index (χ2v) is 4.85. The number of benzene rings is 1. The summed E-state index contributed by atoms with van der Waals surface area (Å²) in [6.07, 6.45) is 1.92. The lowest BCUT2D eigenvalue weighted by atomic mass is 10.1. The maximum absolute atomic E-state index is 11.7. The van der Waals surface area contributed by atoms with E-state index in [1.165, 1.54) is 6.26 Å². The highest BCUT2D eigenvalue weighted by atomic mass is 16.4. The molecule has 3 aromatic rings. The van der Waals surface area contributed by atoms with Crippen LogP contribution in [0.5, 0.6) is 0 Å². The first-order chi connectivity index (χ1) is 10.7. The fourth-order valence-electron chi connectivity index (χ4n) is 2.03. The normalized spacial score (nSPS) is 10.6. The number of nitrogens with one attached hydrogen (secondary N) is 1. The van der Waals surface area contributed by atoms with Crippen molar-refractivity contribution in [2.45, 2.75) is 13.3 Å². The number of amides is 1. The third kappa shape index (κ3) is 3.22. The van der Waals surface area contributed by atoms with E-state index in [0.717, 1.165) is 11.1 Å².